The number of benzene rings is 1. The van der Waals surface area contributed by atoms with Crippen molar-refractivity contribution >= 4 is 44.1 Å². The van der Waals surface area contributed by atoms with E-state index in [0.717, 1.165) is 52.5 Å². The quantitative estimate of drug-likeness (QED) is 0.424. The first-order valence-electron chi connectivity index (χ1n) is 8.50. The standard InChI is InChI=1S/C18H15BrClN5O/c19-13-10-22-25-15(8-16(20)23-18(13)25)11-4-3-5-14-12(11)9-21-24(14)17-6-1-2-7-26-17/h3-5,8-10,17H,1-2,6-7H2. The first kappa shape index (κ1) is 16.2. The minimum absolute atomic E-state index is 0.00334. The third-order valence-electron chi connectivity index (χ3n) is 4.74. The smallest absolute Gasteiger partial charge is 0.171 e. The zero-order valence-corrected chi connectivity index (χ0v) is 16.1. The fourth-order valence-electron chi connectivity index (χ4n) is 3.54. The van der Waals surface area contributed by atoms with Crippen molar-refractivity contribution in [1.29, 1.82) is 0 Å². The Balaban J connectivity index is 1.72. The van der Waals surface area contributed by atoms with Gasteiger partial charge in [-0.2, -0.15) is 10.2 Å². The van der Waals surface area contributed by atoms with Gasteiger partial charge in [0, 0.05) is 23.6 Å². The van der Waals surface area contributed by atoms with E-state index in [-0.39, 0.29) is 6.23 Å². The van der Waals surface area contributed by atoms with E-state index in [2.05, 4.69) is 43.2 Å². The van der Waals surface area contributed by atoms with E-state index in [9.17, 15) is 0 Å². The molecule has 0 spiro atoms. The maximum atomic E-state index is 6.27. The Kier molecular flexibility index (Phi) is 3.95. The van der Waals surface area contributed by atoms with Crippen LogP contribution in [0.25, 0.3) is 27.8 Å². The lowest BCUT2D eigenvalue weighted by Crippen LogP contribution is -2.18. The maximum Gasteiger partial charge on any atom is 0.171 e. The third-order valence-corrected chi connectivity index (χ3v) is 5.50. The second-order valence-electron chi connectivity index (χ2n) is 6.34. The minimum atomic E-state index is -0.00334. The molecule has 1 aromatic carbocycles. The zero-order valence-electron chi connectivity index (χ0n) is 13.8. The lowest BCUT2D eigenvalue weighted by atomic mass is 10.1. The molecule has 0 saturated carbocycles. The van der Waals surface area contributed by atoms with Crippen molar-refractivity contribution < 1.29 is 4.74 Å². The summed E-state index contributed by atoms with van der Waals surface area (Å²) in [5, 5.41) is 10.5. The molecule has 6 nitrogen and oxygen atoms in total. The Bertz CT molecular complexity index is 1120. The van der Waals surface area contributed by atoms with E-state index >= 15 is 0 Å². The molecule has 3 aromatic heterocycles. The van der Waals surface area contributed by atoms with Crippen LogP contribution in [0.2, 0.25) is 5.15 Å². The van der Waals surface area contributed by atoms with Crippen LogP contribution in [0.5, 0.6) is 0 Å². The first-order valence-corrected chi connectivity index (χ1v) is 9.67. The Hall–Kier alpha value is -1.96. The average molecular weight is 433 g/mol. The summed E-state index contributed by atoms with van der Waals surface area (Å²) in [6, 6.07) is 7.98. The van der Waals surface area contributed by atoms with Gasteiger partial charge in [0.1, 0.15) is 5.15 Å². The average Bonchev–Trinajstić information content (AvgIpc) is 3.26. The molecule has 0 bridgehead atoms. The number of fused-ring (bicyclic) bond motifs is 2. The van der Waals surface area contributed by atoms with Crippen LogP contribution in [-0.2, 0) is 4.74 Å². The molecule has 0 amide bonds. The Morgan fingerprint density at radius 2 is 2.12 bits per heavy atom. The van der Waals surface area contributed by atoms with E-state index in [1.54, 1.807) is 10.7 Å². The van der Waals surface area contributed by atoms with Gasteiger partial charge in [-0.15, -0.1) is 0 Å². The van der Waals surface area contributed by atoms with E-state index in [1.165, 1.54) is 0 Å². The molecule has 4 aromatic rings. The molecule has 0 aliphatic carbocycles. The van der Waals surface area contributed by atoms with Crippen LogP contribution in [-0.4, -0.2) is 31.0 Å². The number of hydrogen-bond acceptors (Lipinski definition) is 4. The number of nitrogens with zero attached hydrogens (tertiary/aromatic N) is 5. The van der Waals surface area contributed by atoms with Gasteiger partial charge in [0.2, 0.25) is 0 Å². The Morgan fingerprint density at radius 1 is 1.19 bits per heavy atom. The normalized spacial score (nSPS) is 18.0. The van der Waals surface area contributed by atoms with Crippen molar-refractivity contribution in [1.82, 2.24) is 24.4 Å². The number of halogens is 2. The lowest BCUT2D eigenvalue weighted by Gasteiger charge is -2.23. The third kappa shape index (κ3) is 2.53. The van der Waals surface area contributed by atoms with Crippen LogP contribution in [0.1, 0.15) is 25.5 Å². The molecule has 1 unspecified atom stereocenters. The van der Waals surface area contributed by atoms with Crippen molar-refractivity contribution in [3.8, 4) is 11.3 Å². The Morgan fingerprint density at radius 3 is 2.96 bits per heavy atom. The molecule has 26 heavy (non-hydrogen) atoms. The van der Waals surface area contributed by atoms with Crippen molar-refractivity contribution in [2.24, 2.45) is 0 Å². The highest BCUT2D eigenvalue weighted by molar-refractivity contribution is 9.10. The van der Waals surface area contributed by atoms with Crippen molar-refractivity contribution in [2.75, 3.05) is 6.61 Å². The second-order valence-corrected chi connectivity index (χ2v) is 7.58. The molecule has 1 saturated heterocycles. The van der Waals surface area contributed by atoms with Crippen LogP contribution in [0.4, 0.5) is 0 Å². The maximum absolute atomic E-state index is 6.27. The topological polar surface area (TPSA) is 57.2 Å². The highest BCUT2D eigenvalue weighted by atomic mass is 79.9. The van der Waals surface area contributed by atoms with Gasteiger partial charge >= 0.3 is 0 Å². The highest BCUT2D eigenvalue weighted by Gasteiger charge is 2.20. The van der Waals surface area contributed by atoms with Gasteiger partial charge in [-0.1, -0.05) is 23.7 Å². The summed E-state index contributed by atoms with van der Waals surface area (Å²) < 4.78 is 10.5. The molecule has 1 fully saturated rings. The number of hydrogen-bond donors (Lipinski definition) is 0. The molecule has 0 N–H and O–H groups in total. The van der Waals surface area contributed by atoms with Crippen molar-refractivity contribution in [2.45, 2.75) is 25.5 Å². The van der Waals surface area contributed by atoms with Gasteiger partial charge in [0.15, 0.2) is 11.9 Å². The SMILES string of the molecule is Clc1cc(-c2cccc3c2cnn3C2CCCCO2)n2ncc(Br)c2n1. The van der Waals surface area contributed by atoms with Crippen LogP contribution in [0, 0.1) is 0 Å². The summed E-state index contributed by atoms with van der Waals surface area (Å²) in [5.41, 5.74) is 3.61. The molecule has 1 aliphatic heterocycles. The summed E-state index contributed by atoms with van der Waals surface area (Å²) in [5.74, 6) is 0. The monoisotopic (exact) mass is 431 g/mol. The predicted octanol–water partition coefficient (Wildman–Crippen LogP) is 4.86. The summed E-state index contributed by atoms with van der Waals surface area (Å²) in [7, 11) is 0. The highest BCUT2D eigenvalue weighted by Crippen LogP contribution is 2.33. The summed E-state index contributed by atoms with van der Waals surface area (Å²) in [4.78, 5) is 4.36. The number of rotatable bonds is 2. The molecule has 1 atom stereocenters. The van der Waals surface area contributed by atoms with Crippen LogP contribution < -0.4 is 0 Å². The molecular formula is C18H15BrClN5O. The van der Waals surface area contributed by atoms with Gasteiger partial charge in [0.25, 0.3) is 0 Å². The van der Waals surface area contributed by atoms with E-state index in [1.807, 2.05) is 23.0 Å². The molecule has 1 aliphatic rings. The molecule has 5 rings (SSSR count). The summed E-state index contributed by atoms with van der Waals surface area (Å²) in [6.45, 7) is 0.785. The molecule has 132 valence electrons. The van der Waals surface area contributed by atoms with Gasteiger partial charge in [0.05, 0.1) is 28.1 Å². The van der Waals surface area contributed by atoms with Crippen molar-refractivity contribution in [3.05, 3.63) is 46.3 Å². The van der Waals surface area contributed by atoms with Crippen molar-refractivity contribution in [3.63, 3.8) is 0 Å². The largest absolute Gasteiger partial charge is 0.356 e. The summed E-state index contributed by atoms with van der Waals surface area (Å²) in [6.07, 6.45) is 6.87. The zero-order chi connectivity index (χ0) is 17.7. The summed E-state index contributed by atoms with van der Waals surface area (Å²) >= 11 is 9.74. The second kappa shape index (κ2) is 6.33. The van der Waals surface area contributed by atoms with Gasteiger partial charge in [-0.25, -0.2) is 14.2 Å². The van der Waals surface area contributed by atoms with E-state index in [4.69, 9.17) is 16.3 Å². The van der Waals surface area contributed by atoms with Crippen LogP contribution in [0.15, 0.2) is 41.1 Å². The van der Waals surface area contributed by atoms with Gasteiger partial charge in [-0.3, -0.25) is 0 Å². The Labute approximate surface area is 162 Å². The predicted molar refractivity (Wildman–Crippen MR) is 103 cm³/mol. The number of ether oxygens (including phenoxy) is 1. The minimum Gasteiger partial charge on any atom is -0.356 e. The number of aromatic nitrogens is 5. The van der Waals surface area contributed by atoms with Crippen LogP contribution >= 0.6 is 27.5 Å². The fourth-order valence-corrected chi connectivity index (χ4v) is 4.07. The molecule has 8 heteroatoms. The fraction of sp³-hybridized carbons (Fsp3) is 0.278. The van der Waals surface area contributed by atoms with E-state index < -0.39 is 0 Å². The van der Waals surface area contributed by atoms with Gasteiger partial charge in [-0.05, 0) is 41.3 Å². The first-order chi connectivity index (χ1) is 12.7. The van der Waals surface area contributed by atoms with E-state index in [0.29, 0.717) is 10.8 Å². The molecule has 4 heterocycles. The lowest BCUT2D eigenvalue weighted by molar-refractivity contribution is -0.0366. The van der Waals surface area contributed by atoms with Gasteiger partial charge < -0.3 is 4.74 Å². The molecular weight excluding hydrogens is 418 g/mol. The van der Waals surface area contributed by atoms with Crippen LogP contribution in [0.3, 0.4) is 0 Å². The molecule has 0 radical (unpaired) electrons.